The highest BCUT2D eigenvalue weighted by Gasteiger charge is 2.26. The lowest BCUT2D eigenvalue weighted by atomic mass is 9.95. The Labute approximate surface area is 125 Å². The minimum Gasteiger partial charge on any atom is -0.371 e. The second-order valence-corrected chi connectivity index (χ2v) is 7.11. The number of halogens is 1. The van der Waals surface area contributed by atoms with Crippen molar-refractivity contribution in [3.63, 3.8) is 0 Å². The predicted octanol–water partition coefficient (Wildman–Crippen LogP) is 3.82. The van der Waals surface area contributed by atoms with Crippen molar-refractivity contribution in [1.82, 2.24) is 0 Å². The number of hydrogen-bond donors (Lipinski definition) is 1. The molecule has 1 aliphatic rings. The van der Waals surface area contributed by atoms with Crippen molar-refractivity contribution in [3.8, 4) is 0 Å². The average molecular weight is 325 g/mol. The van der Waals surface area contributed by atoms with E-state index in [9.17, 15) is 0 Å². The zero-order valence-electron chi connectivity index (χ0n) is 12.2. The summed E-state index contributed by atoms with van der Waals surface area (Å²) in [7, 11) is 0. The van der Waals surface area contributed by atoms with Gasteiger partial charge < -0.3 is 10.6 Å². The molecule has 0 radical (unpaired) electrons. The zero-order chi connectivity index (χ0) is 14.0. The van der Waals surface area contributed by atoms with Gasteiger partial charge in [-0.2, -0.15) is 0 Å². The quantitative estimate of drug-likeness (QED) is 0.912. The van der Waals surface area contributed by atoms with Crippen LogP contribution in [0.4, 0.5) is 5.69 Å². The lowest BCUT2D eigenvalue weighted by Crippen LogP contribution is -2.24. The topological polar surface area (TPSA) is 29.3 Å². The van der Waals surface area contributed by atoms with Crippen molar-refractivity contribution in [2.45, 2.75) is 39.7 Å². The first-order chi connectivity index (χ1) is 8.97. The monoisotopic (exact) mass is 324 g/mol. The Morgan fingerprint density at radius 3 is 2.68 bits per heavy atom. The lowest BCUT2D eigenvalue weighted by Gasteiger charge is -2.24. The second kappa shape index (κ2) is 6.27. The number of anilines is 1. The normalized spacial score (nSPS) is 21.2. The molecule has 0 aliphatic carbocycles. The molecule has 106 valence electrons. The Balaban J connectivity index is 2.20. The van der Waals surface area contributed by atoms with Crippen LogP contribution in [-0.2, 0) is 6.42 Å². The molecule has 2 unspecified atom stereocenters. The molecule has 2 atom stereocenters. The molecule has 2 N–H and O–H groups in total. The van der Waals surface area contributed by atoms with Crippen molar-refractivity contribution in [2.24, 2.45) is 17.6 Å². The SMILES string of the molecule is CC(N)Cc1cc(Br)ccc1N1CCC(C(C)C)C1. The van der Waals surface area contributed by atoms with Crippen LogP contribution in [0.15, 0.2) is 22.7 Å². The minimum absolute atomic E-state index is 0.205. The van der Waals surface area contributed by atoms with Crippen LogP contribution in [0.5, 0.6) is 0 Å². The maximum absolute atomic E-state index is 5.98. The number of rotatable bonds is 4. The highest BCUT2D eigenvalue weighted by Crippen LogP contribution is 2.32. The molecule has 0 bridgehead atoms. The molecule has 3 heteroatoms. The first-order valence-electron chi connectivity index (χ1n) is 7.26. The summed E-state index contributed by atoms with van der Waals surface area (Å²) in [6, 6.07) is 6.81. The summed E-state index contributed by atoms with van der Waals surface area (Å²) in [5.74, 6) is 1.60. The Bertz CT molecular complexity index is 429. The van der Waals surface area contributed by atoms with Crippen LogP contribution >= 0.6 is 15.9 Å². The van der Waals surface area contributed by atoms with E-state index in [0.29, 0.717) is 0 Å². The largest absolute Gasteiger partial charge is 0.371 e. The smallest absolute Gasteiger partial charge is 0.0400 e. The van der Waals surface area contributed by atoms with E-state index >= 15 is 0 Å². The molecule has 2 nitrogen and oxygen atoms in total. The Kier molecular flexibility index (Phi) is 4.91. The summed E-state index contributed by atoms with van der Waals surface area (Å²) in [6.07, 6.45) is 2.25. The van der Waals surface area contributed by atoms with Crippen LogP contribution in [0.25, 0.3) is 0 Å². The predicted molar refractivity (Wildman–Crippen MR) is 86.7 cm³/mol. The lowest BCUT2D eigenvalue weighted by molar-refractivity contribution is 0.422. The molecule has 1 fully saturated rings. The summed E-state index contributed by atoms with van der Waals surface area (Å²) in [5.41, 5.74) is 8.73. The molecule has 0 saturated carbocycles. The fourth-order valence-electron chi connectivity index (χ4n) is 2.92. The maximum Gasteiger partial charge on any atom is 0.0400 e. The van der Waals surface area contributed by atoms with Crippen molar-refractivity contribution in [1.29, 1.82) is 0 Å². The van der Waals surface area contributed by atoms with Gasteiger partial charge in [-0.1, -0.05) is 29.8 Å². The van der Waals surface area contributed by atoms with Gasteiger partial charge in [0, 0.05) is 29.3 Å². The van der Waals surface area contributed by atoms with Crippen molar-refractivity contribution in [2.75, 3.05) is 18.0 Å². The van der Waals surface area contributed by atoms with Gasteiger partial charge in [-0.05, 0) is 55.4 Å². The molecule has 1 aromatic rings. The molecule has 1 aliphatic heterocycles. The Morgan fingerprint density at radius 1 is 1.37 bits per heavy atom. The van der Waals surface area contributed by atoms with Gasteiger partial charge in [0.05, 0.1) is 0 Å². The first-order valence-corrected chi connectivity index (χ1v) is 8.05. The van der Waals surface area contributed by atoms with Gasteiger partial charge in [0.15, 0.2) is 0 Å². The molecular formula is C16H25BrN2. The van der Waals surface area contributed by atoms with Gasteiger partial charge in [0.2, 0.25) is 0 Å². The molecule has 0 aromatic heterocycles. The van der Waals surface area contributed by atoms with Gasteiger partial charge in [-0.25, -0.2) is 0 Å². The van der Waals surface area contributed by atoms with Crippen molar-refractivity contribution in [3.05, 3.63) is 28.2 Å². The van der Waals surface area contributed by atoms with Crippen LogP contribution in [0.3, 0.4) is 0 Å². The summed E-state index contributed by atoms with van der Waals surface area (Å²) >= 11 is 3.57. The number of nitrogens with two attached hydrogens (primary N) is 1. The molecule has 19 heavy (non-hydrogen) atoms. The number of benzene rings is 1. The van der Waals surface area contributed by atoms with Gasteiger partial charge in [-0.3, -0.25) is 0 Å². The molecule has 1 aromatic carbocycles. The zero-order valence-corrected chi connectivity index (χ0v) is 13.8. The summed E-state index contributed by atoms with van der Waals surface area (Å²) in [5, 5.41) is 0. The molecular weight excluding hydrogens is 300 g/mol. The van der Waals surface area contributed by atoms with Crippen LogP contribution in [0, 0.1) is 11.8 Å². The van der Waals surface area contributed by atoms with E-state index in [1.165, 1.54) is 30.8 Å². The van der Waals surface area contributed by atoms with Gasteiger partial charge in [0.25, 0.3) is 0 Å². The number of nitrogens with zero attached hydrogens (tertiary/aromatic N) is 1. The standard InChI is InChI=1S/C16H25BrN2/c1-11(2)13-6-7-19(10-13)16-5-4-15(17)9-14(16)8-12(3)18/h4-5,9,11-13H,6-8,10,18H2,1-3H3. The fourth-order valence-corrected chi connectivity index (χ4v) is 3.33. The summed E-state index contributed by atoms with van der Waals surface area (Å²) in [4.78, 5) is 2.54. The molecule has 1 heterocycles. The van der Waals surface area contributed by atoms with Gasteiger partial charge in [0.1, 0.15) is 0 Å². The van der Waals surface area contributed by atoms with E-state index in [0.717, 1.165) is 22.7 Å². The van der Waals surface area contributed by atoms with Crippen LogP contribution in [0.2, 0.25) is 0 Å². The van der Waals surface area contributed by atoms with Gasteiger partial charge in [-0.15, -0.1) is 0 Å². The molecule has 0 amide bonds. The fraction of sp³-hybridized carbons (Fsp3) is 0.625. The minimum atomic E-state index is 0.205. The molecule has 2 rings (SSSR count). The highest BCUT2D eigenvalue weighted by molar-refractivity contribution is 9.10. The Hall–Kier alpha value is -0.540. The van der Waals surface area contributed by atoms with E-state index in [2.05, 4.69) is 59.8 Å². The van der Waals surface area contributed by atoms with Crippen LogP contribution in [-0.4, -0.2) is 19.1 Å². The highest BCUT2D eigenvalue weighted by atomic mass is 79.9. The number of hydrogen-bond acceptors (Lipinski definition) is 2. The third-order valence-electron chi connectivity index (χ3n) is 4.09. The van der Waals surface area contributed by atoms with Gasteiger partial charge >= 0.3 is 0 Å². The average Bonchev–Trinajstić information content (AvgIpc) is 2.77. The van der Waals surface area contributed by atoms with E-state index in [1.54, 1.807) is 0 Å². The van der Waals surface area contributed by atoms with E-state index in [-0.39, 0.29) is 6.04 Å². The molecule has 1 saturated heterocycles. The third kappa shape index (κ3) is 3.73. The van der Waals surface area contributed by atoms with E-state index in [1.807, 2.05) is 0 Å². The van der Waals surface area contributed by atoms with Crippen molar-refractivity contribution >= 4 is 21.6 Å². The third-order valence-corrected chi connectivity index (χ3v) is 4.58. The molecule has 0 spiro atoms. The van der Waals surface area contributed by atoms with Crippen LogP contribution in [0.1, 0.15) is 32.8 Å². The van der Waals surface area contributed by atoms with Crippen LogP contribution < -0.4 is 10.6 Å². The van der Waals surface area contributed by atoms with E-state index in [4.69, 9.17) is 5.73 Å². The summed E-state index contributed by atoms with van der Waals surface area (Å²) in [6.45, 7) is 9.10. The maximum atomic E-state index is 5.98. The Morgan fingerprint density at radius 2 is 2.11 bits per heavy atom. The van der Waals surface area contributed by atoms with Crippen molar-refractivity contribution < 1.29 is 0 Å². The first kappa shape index (κ1) is 14.9. The van der Waals surface area contributed by atoms with E-state index < -0.39 is 0 Å². The second-order valence-electron chi connectivity index (χ2n) is 6.19. The summed E-state index contributed by atoms with van der Waals surface area (Å²) < 4.78 is 1.14.